The van der Waals surface area contributed by atoms with E-state index in [1.54, 1.807) is 0 Å². The van der Waals surface area contributed by atoms with E-state index < -0.39 is 105 Å². The van der Waals surface area contributed by atoms with E-state index in [9.17, 15) is 45.4 Å². The summed E-state index contributed by atoms with van der Waals surface area (Å²) in [5, 5.41) is 30.8. The molecule has 2 aliphatic heterocycles. The highest BCUT2D eigenvalue weighted by Crippen LogP contribution is 2.32. The minimum atomic E-state index is -5.40. The number of nitrogens with one attached hydrogen (secondary N) is 1. The van der Waals surface area contributed by atoms with Gasteiger partial charge in [0.05, 0.1) is 6.61 Å². The minimum Gasteiger partial charge on any atom is -0.479 e. The number of aliphatic carboxylic acids is 1. The molecule has 0 aliphatic carbocycles. The van der Waals surface area contributed by atoms with E-state index in [0.29, 0.717) is 0 Å². The van der Waals surface area contributed by atoms with Crippen molar-refractivity contribution in [2.75, 3.05) is 20.8 Å². The zero-order valence-electron chi connectivity index (χ0n) is 19.1. The summed E-state index contributed by atoms with van der Waals surface area (Å²) >= 11 is 0. The van der Waals surface area contributed by atoms with Crippen LogP contribution < -0.4 is 4.72 Å². The van der Waals surface area contributed by atoms with Crippen LogP contribution in [0.15, 0.2) is 0 Å². The molecule has 0 saturated carbocycles. The summed E-state index contributed by atoms with van der Waals surface area (Å²) in [6, 6.07) is -1.93. The van der Waals surface area contributed by atoms with Gasteiger partial charge < -0.3 is 39.0 Å². The maximum atomic E-state index is 11.6. The van der Waals surface area contributed by atoms with Crippen LogP contribution >= 0.6 is 0 Å². The lowest BCUT2D eigenvalue weighted by Gasteiger charge is -2.47. The van der Waals surface area contributed by atoms with Gasteiger partial charge in [0.15, 0.2) is 24.8 Å². The first-order valence-electron chi connectivity index (χ1n) is 9.91. The molecule has 0 amide bonds. The van der Waals surface area contributed by atoms with Crippen LogP contribution in [0.2, 0.25) is 0 Å². The Morgan fingerprint density at radius 1 is 0.842 bits per heavy atom. The molecule has 0 bridgehead atoms. The van der Waals surface area contributed by atoms with Gasteiger partial charge in [0.1, 0.15) is 36.6 Å². The van der Waals surface area contributed by atoms with Gasteiger partial charge in [-0.25, -0.2) is 13.2 Å². The molecule has 24 heteroatoms. The maximum Gasteiger partial charge on any atom is 0.397 e. The van der Waals surface area contributed by atoms with Crippen molar-refractivity contribution in [3.8, 4) is 0 Å². The normalized spacial score (nSPS) is 37.1. The van der Waals surface area contributed by atoms with Gasteiger partial charge in [-0.3, -0.25) is 13.7 Å². The number of hydrogen-bond acceptors (Lipinski definition) is 16. The Bertz CT molecular complexity index is 1140. The molecule has 10 atom stereocenters. The topological polar surface area (TPSA) is 318 Å². The highest BCUT2D eigenvalue weighted by molar-refractivity contribution is 7.83. The van der Waals surface area contributed by atoms with Gasteiger partial charge in [0, 0.05) is 14.2 Å². The summed E-state index contributed by atoms with van der Waals surface area (Å²) in [4.78, 5) is 11.6. The Morgan fingerprint density at radius 3 is 1.89 bits per heavy atom. The lowest BCUT2D eigenvalue weighted by Crippen LogP contribution is -2.68. The number of rotatable bonds is 12. The Labute approximate surface area is 215 Å². The molecule has 2 fully saturated rings. The fraction of sp³-hybridized carbons (Fsp3) is 0.929. The van der Waals surface area contributed by atoms with Crippen LogP contribution in [0.3, 0.4) is 0 Å². The fourth-order valence-corrected chi connectivity index (χ4v) is 5.06. The van der Waals surface area contributed by atoms with Gasteiger partial charge >= 0.3 is 37.1 Å². The largest absolute Gasteiger partial charge is 0.479 e. The van der Waals surface area contributed by atoms with Crippen molar-refractivity contribution >= 4 is 37.1 Å². The van der Waals surface area contributed by atoms with Gasteiger partial charge in [-0.15, -0.1) is 0 Å². The van der Waals surface area contributed by atoms with Crippen LogP contribution in [0.1, 0.15) is 0 Å². The first-order chi connectivity index (χ1) is 17.3. The molecule has 2 saturated heterocycles. The SMILES string of the molecule is CO[C@H]1O[C@H](COS(=O)(=O)O)[C@@H](O[C@H]2O[C@H](C(=O)O)[C@@H](OC)[C@H](O)[C@H]2OS(=O)(=O)O)[C@H](O)[C@H]1NS(=O)(=O)O. The monoisotopic (exact) mass is 623 g/mol. The Balaban J connectivity index is 2.52. The van der Waals surface area contributed by atoms with Crippen LogP contribution in [-0.4, -0.2) is 142 Å². The lowest BCUT2D eigenvalue weighted by atomic mass is 9.96. The average Bonchev–Trinajstić information content (AvgIpc) is 2.75. The number of aliphatic hydroxyl groups excluding tert-OH is 2. The summed E-state index contributed by atoms with van der Waals surface area (Å²) in [6.45, 7) is -1.18. The standard InChI is InChI=1S/C14H25NO20S3/c1-29-9-7(17)10(35-38(26,27)28)14(34-11(9)12(18)19)33-8-4(3-31-37(23,24)25)32-13(30-2)5(6(8)16)15-36(20,21)22/h4-11,13-17H,3H2,1-2H3,(H,18,19)(H,20,21,22)(H,23,24,25)(H,26,27,28)/t4-,5-,6-,7+,8-,9+,10-,11+,13+,14+/m1/s1. The van der Waals surface area contributed by atoms with Gasteiger partial charge in [0.2, 0.25) is 0 Å². The molecule has 2 heterocycles. The summed E-state index contributed by atoms with van der Waals surface area (Å²) in [5.74, 6) is -1.77. The zero-order valence-corrected chi connectivity index (χ0v) is 21.6. The number of ether oxygens (including phenoxy) is 5. The molecule has 0 aromatic rings. The van der Waals surface area contributed by atoms with Crippen LogP contribution in [0, 0.1) is 0 Å². The Kier molecular flexibility index (Phi) is 10.9. The van der Waals surface area contributed by atoms with E-state index in [-0.39, 0.29) is 0 Å². The van der Waals surface area contributed by atoms with E-state index in [4.69, 9.17) is 37.3 Å². The molecule has 0 radical (unpaired) electrons. The third-order valence-electron chi connectivity index (χ3n) is 5.13. The third-order valence-corrected chi connectivity index (χ3v) is 6.60. The summed E-state index contributed by atoms with van der Waals surface area (Å²) in [7, 11) is -13.8. The molecule has 0 spiro atoms. The van der Waals surface area contributed by atoms with Crippen molar-refractivity contribution < 1.29 is 91.1 Å². The fourth-order valence-electron chi connectivity index (χ4n) is 3.67. The second kappa shape index (κ2) is 12.5. The van der Waals surface area contributed by atoms with Gasteiger partial charge in [0.25, 0.3) is 0 Å². The lowest BCUT2D eigenvalue weighted by molar-refractivity contribution is -0.339. The van der Waals surface area contributed by atoms with Crippen molar-refractivity contribution in [1.82, 2.24) is 4.72 Å². The van der Waals surface area contributed by atoms with Gasteiger partial charge in [-0.2, -0.15) is 30.0 Å². The number of carboxylic acids is 1. The van der Waals surface area contributed by atoms with Gasteiger partial charge in [-0.05, 0) is 0 Å². The maximum absolute atomic E-state index is 11.6. The zero-order chi connectivity index (χ0) is 29.2. The molecule has 0 unspecified atom stereocenters. The first kappa shape index (κ1) is 33.0. The second-order valence-electron chi connectivity index (χ2n) is 7.64. The van der Waals surface area contributed by atoms with Crippen LogP contribution in [0.4, 0.5) is 0 Å². The number of carboxylic acid groups (broad SMARTS) is 1. The second-order valence-corrected chi connectivity index (χ2v) is 11.0. The summed E-state index contributed by atoms with van der Waals surface area (Å²) in [6.07, 6.45) is -18.7. The van der Waals surface area contributed by atoms with E-state index in [2.05, 4.69) is 8.37 Å². The molecule has 224 valence electrons. The number of aliphatic hydroxyl groups is 2. The highest BCUT2D eigenvalue weighted by atomic mass is 32.3. The number of methoxy groups -OCH3 is 2. The molecule has 0 aromatic carbocycles. The van der Waals surface area contributed by atoms with Crippen molar-refractivity contribution in [2.45, 2.75) is 61.3 Å². The smallest absolute Gasteiger partial charge is 0.397 e. The predicted molar refractivity (Wildman–Crippen MR) is 112 cm³/mol. The molecular formula is C14H25NO20S3. The van der Waals surface area contributed by atoms with Crippen molar-refractivity contribution in [1.29, 1.82) is 0 Å². The molecular weight excluding hydrogens is 598 g/mol. The quantitative estimate of drug-likeness (QED) is 0.100. The van der Waals surface area contributed by atoms with E-state index in [0.717, 1.165) is 14.2 Å². The molecule has 2 rings (SSSR count). The molecule has 21 nitrogen and oxygen atoms in total. The van der Waals surface area contributed by atoms with Crippen LogP contribution in [-0.2, 0) is 67.9 Å². The Morgan fingerprint density at radius 2 is 1.45 bits per heavy atom. The number of hydrogen-bond donors (Lipinski definition) is 7. The van der Waals surface area contributed by atoms with Crippen LogP contribution in [0.25, 0.3) is 0 Å². The van der Waals surface area contributed by atoms with Crippen LogP contribution in [0.5, 0.6) is 0 Å². The molecule has 0 aromatic heterocycles. The molecule has 38 heavy (non-hydrogen) atoms. The number of carbonyl (C=O) groups is 1. The Hall–Kier alpha value is -1.20. The van der Waals surface area contributed by atoms with E-state index in [1.165, 1.54) is 4.72 Å². The summed E-state index contributed by atoms with van der Waals surface area (Å²) < 4.78 is 130. The molecule has 2 aliphatic rings. The average molecular weight is 624 g/mol. The summed E-state index contributed by atoms with van der Waals surface area (Å²) in [5.41, 5.74) is 0. The first-order valence-corrected chi connectivity index (χ1v) is 14.1. The van der Waals surface area contributed by atoms with E-state index >= 15 is 0 Å². The van der Waals surface area contributed by atoms with Crippen molar-refractivity contribution in [3.63, 3.8) is 0 Å². The highest BCUT2D eigenvalue weighted by Gasteiger charge is 2.55. The predicted octanol–water partition coefficient (Wildman–Crippen LogP) is -4.94. The minimum absolute atomic E-state index is 0.913. The van der Waals surface area contributed by atoms with E-state index in [1.807, 2.05) is 0 Å². The third kappa shape index (κ3) is 8.91. The molecule has 7 N–H and O–H groups in total. The van der Waals surface area contributed by atoms with Gasteiger partial charge in [-0.1, -0.05) is 0 Å². The van der Waals surface area contributed by atoms with Crippen molar-refractivity contribution in [3.05, 3.63) is 0 Å². The van der Waals surface area contributed by atoms with Crippen molar-refractivity contribution in [2.24, 2.45) is 0 Å².